The summed E-state index contributed by atoms with van der Waals surface area (Å²) in [7, 11) is 3.72. The van der Waals surface area contributed by atoms with Crippen LogP contribution in [0.5, 0.6) is 0 Å². The second kappa shape index (κ2) is 5.46. The largest absolute Gasteiger partial charge is 0.377 e. The molecule has 0 spiro atoms. The number of aryl methyl sites for hydroxylation is 1. The third kappa shape index (κ3) is 2.44. The first-order valence-electron chi connectivity index (χ1n) is 5.86. The molecule has 0 aliphatic carbocycles. The lowest BCUT2D eigenvalue weighted by Crippen LogP contribution is -2.41. The van der Waals surface area contributed by atoms with Crippen LogP contribution in [0.3, 0.4) is 0 Å². The Bertz CT molecular complexity index is 318. The lowest BCUT2D eigenvalue weighted by atomic mass is 9.89. The predicted molar refractivity (Wildman–Crippen MR) is 65.4 cm³/mol. The van der Waals surface area contributed by atoms with Crippen molar-refractivity contribution in [1.29, 1.82) is 0 Å². The minimum absolute atomic E-state index is 0.169. The van der Waals surface area contributed by atoms with Crippen LogP contribution in [-0.4, -0.2) is 29.5 Å². The van der Waals surface area contributed by atoms with Crippen molar-refractivity contribution in [1.82, 2.24) is 15.1 Å². The minimum atomic E-state index is -0.198. The first-order valence-corrected chi connectivity index (χ1v) is 5.86. The van der Waals surface area contributed by atoms with E-state index in [1.807, 2.05) is 17.9 Å². The first-order chi connectivity index (χ1) is 7.61. The molecule has 0 aliphatic heterocycles. The molecule has 2 atom stereocenters. The van der Waals surface area contributed by atoms with Gasteiger partial charge in [-0.05, 0) is 27.3 Å². The minimum Gasteiger partial charge on any atom is -0.377 e. The van der Waals surface area contributed by atoms with Gasteiger partial charge in [-0.1, -0.05) is 6.92 Å². The van der Waals surface area contributed by atoms with Gasteiger partial charge in [0.05, 0.1) is 17.8 Å². The Kier molecular flexibility index (Phi) is 4.50. The molecule has 0 saturated heterocycles. The molecule has 16 heavy (non-hydrogen) atoms. The summed E-state index contributed by atoms with van der Waals surface area (Å²) >= 11 is 0. The number of methoxy groups -OCH3 is 1. The molecule has 0 aliphatic rings. The summed E-state index contributed by atoms with van der Waals surface area (Å²) in [6.07, 6.45) is 4.94. The molecule has 1 heterocycles. The molecule has 0 radical (unpaired) electrons. The normalized spacial score (nSPS) is 17.1. The summed E-state index contributed by atoms with van der Waals surface area (Å²) < 4.78 is 7.57. The fourth-order valence-electron chi connectivity index (χ4n) is 1.99. The van der Waals surface area contributed by atoms with Gasteiger partial charge in [0.15, 0.2) is 0 Å². The highest BCUT2D eigenvalue weighted by molar-refractivity contribution is 5.15. The first kappa shape index (κ1) is 13.2. The molecule has 1 aromatic rings. The number of ether oxygens (including phenoxy) is 1. The SMILES string of the molecule is CCn1cc(C(NC)C(C)(CC)OC)cn1. The molecule has 0 amide bonds. The van der Waals surface area contributed by atoms with Crippen LogP contribution in [0.1, 0.15) is 38.8 Å². The molecular formula is C12H23N3O. The number of likely N-dealkylation sites (N-methyl/N-ethyl adjacent to an activating group) is 1. The highest BCUT2D eigenvalue weighted by Crippen LogP contribution is 2.30. The van der Waals surface area contributed by atoms with E-state index in [0.29, 0.717) is 0 Å². The molecule has 1 N–H and O–H groups in total. The monoisotopic (exact) mass is 225 g/mol. The topological polar surface area (TPSA) is 39.1 Å². The number of nitrogens with one attached hydrogen (secondary N) is 1. The van der Waals surface area contributed by atoms with Crippen LogP contribution < -0.4 is 5.32 Å². The van der Waals surface area contributed by atoms with Crippen LogP contribution in [0.25, 0.3) is 0 Å². The van der Waals surface area contributed by atoms with Gasteiger partial charge in [-0.3, -0.25) is 4.68 Å². The van der Waals surface area contributed by atoms with Crippen molar-refractivity contribution in [2.24, 2.45) is 0 Å². The second-order valence-corrected chi connectivity index (χ2v) is 4.22. The summed E-state index contributed by atoms with van der Waals surface area (Å²) in [6, 6.07) is 0.169. The van der Waals surface area contributed by atoms with Crippen molar-refractivity contribution in [2.75, 3.05) is 14.2 Å². The average molecular weight is 225 g/mol. The van der Waals surface area contributed by atoms with Crippen molar-refractivity contribution in [3.8, 4) is 0 Å². The molecular weight excluding hydrogens is 202 g/mol. The van der Waals surface area contributed by atoms with Crippen molar-refractivity contribution < 1.29 is 4.74 Å². The Morgan fingerprint density at radius 2 is 2.25 bits per heavy atom. The summed E-state index contributed by atoms with van der Waals surface area (Å²) in [4.78, 5) is 0. The lowest BCUT2D eigenvalue weighted by molar-refractivity contribution is -0.0280. The fourth-order valence-corrected chi connectivity index (χ4v) is 1.99. The second-order valence-electron chi connectivity index (χ2n) is 4.22. The zero-order valence-electron chi connectivity index (χ0n) is 10.9. The number of nitrogens with zero attached hydrogens (tertiary/aromatic N) is 2. The Hall–Kier alpha value is -0.870. The number of hydrogen-bond donors (Lipinski definition) is 1. The molecule has 0 fully saturated rings. The molecule has 4 nitrogen and oxygen atoms in total. The summed E-state index contributed by atoms with van der Waals surface area (Å²) in [6.45, 7) is 7.24. The Balaban J connectivity index is 2.97. The number of hydrogen-bond acceptors (Lipinski definition) is 3. The Labute approximate surface area is 98.0 Å². The Morgan fingerprint density at radius 1 is 1.56 bits per heavy atom. The third-order valence-corrected chi connectivity index (χ3v) is 3.38. The molecule has 0 bridgehead atoms. The van der Waals surface area contributed by atoms with Crippen LogP contribution >= 0.6 is 0 Å². The highest BCUT2D eigenvalue weighted by atomic mass is 16.5. The van der Waals surface area contributed by atoms with Crippen LogP contribution in [0.15, 0.2) is 12.4 Å². The number of rotatable bonds is 6. The highest BCUT2D eigenvalue weighted by Gasteiger charge is 2.33. The molecule has 0 aromatic carbocycles. The van der Waals surface area contributed by atoms with Gasteiger partial charge in [-0.15, -0.1) is 0 Å². The van der Waals surface area contributed by atoms with E-state index in [0.717, 1.165) is 13.0 Å². The van der Waals surface area contributed by atoms with Gasteiger partial charge in [0.2, 0.25) is 0 Å². The van der Waals surface area contributed by atoms with E-state index in [4.69, 9.17) is 4.74 Å². The molecule has 0 saturated carbocycles. The van der Waals surface area contributed by atoms with E-state index in [2.05, 4.69) is 37.4 Å². The van der Waals surface area contributed by atoms with E-state index in [-0.39, 0.29) is 11.6 Å². The van der Waals surface area contributed by atoms with Crippen molar-refractivity contribution in [3.05, 3.63) is 18.0 Å². The maximum Gasteiger partial charge on any atom is 0.0843 e. The van der Waals surface area contributed by atoms with E-state index in [1.54, 1.807) is 7.11 Å². The fraction of sp³-hybridized carbons (Fsp3) is 0.750. The average Bonchev–Trinajstić information content (AvgIpc) is 2.78. The van der Waals surface area contributed by atoms with Crippen LogP contribution in [0.4, 0.5) is 0 Å². The zero-order chi connectivity index (χ0) is 12.2. The van der Waals surface area contributed by atoms with Gasteiger partial charge in [0.25, 0.3) is 0 Å². The van der Waals surface area contributed by atoms with Gasteiger partial charge in [0, 0.05) is 25.4 Å². The molecule has 1 aromatic heterocycles. The Morgan fingerprint density at radius 3 is 2.62 bits per heavy atom. The van der Waals surface area contributed by atoms with Crippen molar-refractivity contribution in [2.45, 2.75) is 45.4 Å². The van der Waals surface area contributed by atoms with Crippen LogP contribution in [0, 0.1) is 0 Å². The zero-order valence-corrected chi connectivity index (χ0v) is 10.9. The van der Waals surface area contributed by atoms with E-state index >= 15 is 0 Å². The molecule has 92 valence electrons. The smallest absolute Gasteiger partial charge is 0.0843 e. The number of aromatic nitrogens is 2. The summed E-state index contributed by atoms with van der Waals surface area (Å²) in [5.74, 6) is 0. The molecule has 4 heteroatoms. The quantitative estimate of drug-likeness (QED) is 0.804. The van der Waals surface area contributed by atoms with E-state index in [1.165, 1.54) is 5.56 Å². The molecule has 1 rings (SSSR count). The van der Waals surface area contributed by atoms with Gasteiger partial charge in [-0.25, -0.2) is 0 Å². The molecule has 2 unspecified atom stereocenters. The summed E-state index contributed by atoms with van der Waals surface area (Å²) in [5.41, 5.74) is 0.978. The van der Waals surface area contributed by atoms with Crippen molar-refractivity contribution >= 4 is 0 Å². The van der Waals surface area contributed by atoms with Gasteiger partial charge in [-0.2, -0.15) is 5.10 Å². The lowest BCUT2D eigenvalue weighted by Gasteiger charge is -2.35. The third-order valence-electron chi connectivity index (χ3n) is 3.38. The summed E-state index contributed by atoms with van der Waals surface area (Å²) in [5, 5.41) is 7.63. The van der Waals surface area contributed by atoms with Crippen molar-refractivity contribution in [3.63, 3.8) is 0 Å². The van der Waals surface area contributed by atoms with Gasteiger partial charge in [0.1, 0.15) is 0 Å². The van der Waals surface area contributed by atoms with Gasteiger partial charge < -0.3 is 10.1 Å². The maximum atomic E-state index is 5.64. The van der Waals surface area contributed by atoms with E-state index in [9.17, 15) is 0 Å². The van der Waals surface area contributed by atoms with E-state index < -0.39 is 0 Å². The van der Waals surface area contributed by atoms with Gasteiger partial charge >= 0.3 is 0 Å². The predicted octanol–water partition coefficient (Wildman–Crippen LogP) is 1.98. The van der Waals surface area contributed by atoms with Crippen LogP contribution in [-0.2, 0) is 11.3 Å². The maximum absolute atomic E-state index is 5.64. The van der Waals surface area contributed by atoms with Crippen LogP contribution in [0.2, 0.25) is 0 Å². The standard InChI is InChI=1S/C12H23N3O/c1-6-12(3,16-5)11(13-4)10-8-14-15(7-2)9-10/h8-9,11,13H,6-7H2,1-5H3.